The van der Waals surface area contributed by atoms with E-state index in [1.807, 2.05) is 6.07 Å². The Morgan fingerprint density at radius 1 is 1.32 bits per heavy atom. The molecule has 2 aliphatic carbocycles. The maximum atomic E-state index is 14.2. The van der Waals surface area contributed by atoms with Crippen LogP contribution in [-0.2, 0) is 11.2 Å². The molecule has 0 radical (unpaired) electrons. The molecule has 0 aromatic heterocycles. The van der Waals surface area contributed by atoms with Crippen LogP contribution in [0.2, 0.25) is 0 Å². The molecular weight excluding hydrogens is 319 g/mol. The van der Waals surface area contributed by atoms with Gasteiger partial charge in [0.25, 0.3) is 0 Å². The molecule has 2 fully saturated rings. The van der Waals surface area contributed by atoms with Crippen molar-refractivity contribution in [2.24, 2.45) is 23.5 Å². The van der Waals surface area contributed by atoms with Crippen molar-refractivity contribution in [1.82, 2.24) is 4.90 Å². The summed E-state index contributed by atoms with van der Waals surface area (Å²) in [6.07, 6.45) is 5.16. The number of nitrogens with zero attached hydrogens (tertiary/aromatic N) is 1. The Labute approximate surface area is 149 Å². The van der Waals surface area contributed by atoms with Gasteiger partial charge < -0.3 is 15.7 Å². The van der Waals surface area contributed by atoms with Gasteiger partial charge in [0.05, 0.1) is 0 Å². The van der Waals surface area contributed by atoms with Crippen LogP contribution in [0.4, 0.5) is 4.39 Å². The number of aliphatic carboxylic acids is 1. The summed E-state index contributed by atoms with van der Waals surface area (Å²) in [6.45, 7) is 1.02. The van der Waals surface area contributed by atoms with Crippen LogP contribution < -0.4 is 5.73 Å². The second kappa shape index (κ2) is 7.42. The zero-order valence-corrected chi connectivity index (χ0v) is 15.1. The molecule has 2 aliphatic rings. The molecule has 138 valence electrons. The Hall–Kier alpha value is -1.46. The van der Waals surface area contributed by atoms with Gasteiger partial charge >= 0.3 is 5.97 Å². The van der Waals surface area contributed by atoms with Crippen molar-refractivity contribution < 1.29 is 14.3 Å². The van der Waals surface area contributed by atoms with E-state index in [4.69, 9.17) is 10.8 Å². The molecule has 5 heteroatoms. The van der Waals surface area contributed by atoms with Crippen LogP contribution in [0.1, 0.15) is 42.7 Å². The van der Waals surface area contributed by atoms with Crippen LogP contribution >= 0.6 is 0 Å². The molecule has 1 aromatic rings. The number of benzene rings is 1. The van der Waals surface area contributed by atoms with E-state index in [0.29, 0.717) is 17.4 Å². The molecule has 4 nitrogen and oxygen atoms in total. The van der Waals surface area contributed by atoms with Crippen LogP contribution in [0.3, 0.4) is 0 Å². The Morgan fingerprint density at radius 3 is 2.76 bits per heavy atom. The first-order chi connectivity index (χ1) is 11.8. The molecule has 0 saturated heterocycles. The van der Waals surface area contributed by atoms with Gasteiger partial charge in [-0.15, -0.1) is 0 Å². The lowest BCUT2D eigenvalue weighted by Gasteiger charge is -2.39. The van der Waals surface area contributed by atoms with Crippen molar-refractivity contribution in [2.75, 3.05) is 20.6 Å². The quantitative estimate of drug-likeness (QED) is 0.830. The van der Waals surface area contributed by atoms with Crippen LogP contribution in [0.5, 0.6) is 0 Å². The largest absolute Gasteiger partial charge is 0.480 e. The van der Waals surface area contributed by atoms with Gasteiger partial charge in [0.1, 0.15) is 11.9 Å². The molecule has 3 N–H and O–H groups in total. The second-order valence-corrected chi connectivity index (χ2v) is 8.25. The number of hydrogen-bond acceptors (Lipinski definition) is 3. The van der Waals surface area contributed by atoms with Gasteiger partial charge in [0.2, 0.25) is 0 Å². The van der Waals surface area contributed by atoms with Crippen molar-refractivity contribution in [2.45, 2.75) is 44.1 Å². The number of halogens is 1. The molecule has 0 spiro atoms. The van der Waals surface area contributed by atoms with E-state index in [0.717, 1.165) is 30.4 Å². The minimum atomic E-state index is -1.05. The molecule has 0 amide bonds. The molecule has 4 unspecified atom stereocenters. The highest BCUT2D eigenvalue weighted by Gasteiger charge is 2.42. The average Bonchev–Trinajstić information content (AvgIpc) is 2.91. The van der Waals surface area contributed by atoms with E-state index in [9.17, 15) is 9.18 Å². The number of carboxylic acids is 1. The minimum absolute atomic E-state index is 0.165. The van der Waals surface area contributed by atoms with Gasteiger partial charge in [0, 0.05) is 6.54 Å². The Balaban J connectivity index is 1.88. The number of rotatable bonds is 6. The number of carboxylic acid groups (broad SMARTS) is 1. The van der Waals surface area contributed by atoms with Gasteiger partial charge in [-0.2, -0.15) is 0 Å². The summed E-state index contributed by atoms with van der Waals surface area (Å²) in [5.74, 6) is 1.03. The van der Waals surface area contributed by atoms with Gasteiger partial charge in [0.15, 0.2) is 0 Å². The van der Waals surface area contributed by atoms with Gasteiger partial charge in [-0.05, 0) is 86.7 Å². The van der Waals surface area contributed by atoms with Crippen molar-refractivity contribution in [1.29, 1.82) is 0 Å². The normalized spacial score (nSPS) is 29.8. The molecule has 2 bridgehead atoms. The van der Waals surface area contributed by atoms with Gasteiger partial charge in [-0.1, -0.05) is 12.5 Å². The Bertz CT molecular complexity index is 634. The summed E-state index contributed by atoms with van der Waals surface area (Å²) in [7, 11) is 4.20. The summed E-state index contributed by atoms with van der Waals surface area (Å²) in [6, 6.07) is 4.07. The summed E-state index contributed by atoms with van der Waals surface area (Å²) >= 11 is 0. The van der Waals surface area contributed by atoms with E-state index in [1.54, 1.807) is 6.07 Å². The summed E-state index contributed by atoms with van der Waals surface area (Å²) in [5.41, 5.74) is 7.36. The highest BCUT2D eigenvalue weighted by Crippen LogP contribution is 2.52. The first kappa shape index (κ1) is 18.3. The molecule has 25 heavy (non-hydrogen) atoms. The van der Waals surface area contributed by atoms with Crippen LogP contribution in [-0.4, -0.2) is 42.7 Å². The first-order valence-corrected chi connectivity index (χ1v) is 9.26. The number of fused-ring (bicyclic) bond motifs is 2. The fourth-order valence-corrected chi connectivity index (χ4v) is 5.01. The lowest BCUT2D eigenvalue weighted by molar-refractivity contribution is -0.138. The van der Waals surface area contributed by atoms with Gasteiger partial charge in [-0.3, -0.25) is 4.79 Å². The zero-order valence-electron chi connectivity index (χ0n) is 15.1. The van der Waals surface area contributed by atoms with Crippen LogP contribution in [0.25, 0.3) is 0 Å². The smallest absolute Gasteiger partial charge is 0.320 e. The predicted octanol–water partition coefficient (Wildman–Crippen LogP) is 2.86. The topological polar surface area (TPSA) is 66.6 Å². The summed E-state index contributed by atoms with van der Waals surface area (Å²) in [5, 5.41) is 9.03. The van der Waals surface area contributed by atoms with E-state index < -0.39 is 12.0 Å². The maximum Gasteiger partial charge on any atom is 0.320 e. The molecule has 5 atom stereocenters. The van der Waals surface area contributed by atoms with Crippen LogP contribution in [0, 0.1) is 23.6 Å². The standard InChI is InChI=1S/C20H29FN2O2/c1-23(2)11-18-14-4-3-12(5-14)8-17(18)15-6-13(7-16(21)10-15)9-19(22)20(24)25/h6-7,10,12,14,17-19H,3-5,8-9,11,22H2,1-2H3,(H,24,25)/t12?,14?,17?,18?,19-/m0/s1. The van der Waals surface area contributed by atoms with E-state index in [2.05, 4.69) is 19.0 Å². The minimum Gasteiger partial charge on any atom is -0.480 e. The third-order valence-corrected chi connectivity index (χ3v) is 6.05. The third kappa shape index (κ3) is 4.21. The van der Waals surface area contributed by atoms with Crippen molar-refractivity contribution in [3.63, 3.8) is 0 Å². The second-order valence-electron chi connectivity index (χ2n) is 8.25. The van der Waals surface area contributed by atoms with E-state index in [1.165, 1.54) is 25.3 Å². The van der Waals surface area contributed by atoms with Gasteiger partial charge in [-0.25, -0.2) is 4.39 Å². The molecule has 0 aliphatic heterocycles. The maximum absolute atomic E-state index is 14.2. The highest BCUT2D eigenvalue weighted by molar-refractivity contribution is 5.73. The van der Waals surface area contributed by atoms with Crippen molar-refractivity contribution in [3.05, 3.63) is 35.1 Å². The number of nitrogens with two attached hydrogens (primary N) is 1. The van der Waals surface area contributed by atoms with Crippen molar-refractivity contribution >= 4 is 5.97 Å². The molecule has 2 saturated carbocycles. The van der Waals surface area contributed by atoms with E-state index >= 15 is 0 Å². The fraction of sp³-hybridized carbons (Fsp3) is 0.650. The number of carbonyl (C=O) groups is 1. The molecule has 0 heterocycles. The Kier molecular flexibility index (Phi) is 5.44. The lowest BCUT2D eigenvalue weighted by Crippen LogP contribution is -2.35. The molecule has 1 aromatic carbocycles. The third-order valence-electron chi connectivity index (χ3n) is 6.05. The lowest BCUT2D eigenvalue weighted by atomic mass is 9.69. The Morgan fingerprint density at radius 2 is 2.08 bits per heavy atom. The SMILES string of the molecule is CN(C)CC1C2CCC(C2)CC1c1cc(F)cc(C[C@H](N)C(=O)O)c1. The summed E-state index contributed by atoms with van der Waals surface area (Å²) in [4.78, 5) is 13.3. The molecule has 3 rings (SSSR count). The number of hydrogen-bond donors (Lipinski definition) is 2. The molecular formula is C20H29FN2O2. The first-order valence-electron chi connectivity index (χ1n) is 9.26. The predicted molar refractivity (Wildman–Crippen MR) is 95.9 cm³/mol. The van der Waals surface area contributed by atoms with Crippen LogP contribution in [0.15, 0.2) is 18.2 Å². The monoisotopic (exact) mass is 348 g/mol. The average molecular weight is 348 g/mol. The zero-order chi connectivity index (χ0) is 18.1. The fourth-order valence-electron chi connectivity index (χ4n) is 5.01. The van der Waals surface area contributed by atoms with Crippen molar-refractivity contribution in [3.8, 4) is 0 Å². The summed E-state index contributed by atoms with van der Waals surface area (Å²) < 4.78 is 14.2. The highest BCUT2D eigenvalue weighted by atomic mass is 19.1. The van der Waals surface area contributed by atoms with E-state index in [-0.39, 0.29) is 12.2 Å².